The van der Waals surface area contributed by atoms with Crippen molar-refractivity contribution in [2.75, 3.05) is 234 Å². The molecule has 6 aliphatic rings. The third-order valence-corrected chi connectivity index (χ3v) is 18.9. The number of nitrogens with zero attached hydrogens (tertiary/aromatic N) is 10. The molecule has 6 heterocycles. The lowest BCUT2D eigenvalue weighted by atomic mass is 9.96. The number of ether oxygens (including phenoxy) is 8. The Morgan fingerprint density at radius 3 is 1.09 bits per heavy atom. The second-order valence-electron chi connectivity index (χ2n) is 36.6. The van der Waals surface area contributed by atoms with Gasteiger partial charge in [-0.1, -0.05) is 176 Å². The third-order valence-electron chi connectivity index (χ3n) is 16.9. The fraction of sp³-hybridized carbons (Fsp3) is 0.689. The molecule has 42 heteroatoms. The minimum atomic E-state index is -1.10. The van der Waals surface area contributed by atoms with Crippen molar-refractivity contribution in [1.29, 1.82) is 10.5 Å². The number of rotatable bonds is 22. The van der Waals surface area contributed by atoms with Gasteiger partial charge in [0.15, 0.2) is 12.4 Å². The molecule has 6 aliphatic heterocycles. The summed E-state index contributed by atoms with van der Waals surface area (Å²) in [5, 5.41) is 39.3. The third kappa shape index (κ3) is 71.7. The Balaban J connectivity index is 0. The van der Waals surface area contributed by atoms with Gasteiger partial charge in [0.25, 0.3) is 0 Å². The molecule has 11 amide bonds. The topological polar surface area (TPSA) is 493 Å². The number of carbonyl (C=O) groups is 14. The first-order valence-electron chi connectivity index (χ1n) is 43.6. The van der Waals surface area contributed by atoms with E-state index in [9.17, 15) is 72.4 Å². The Morgan fingerprint density at radius 2 is 0.803 bits per heavy atom. The highest BCUT2D eigenvalue weighted by molar-refractivity contribution is 9.19. The summed E-state index contributed by atoms with van der Waals surface area (Å²) in [7, 11) is 0. The molecule has 2 aromatic carbocycles. The number of aldehydes is 1. The first-order chi connectivity index (χ1) is 61.7. The van der Waals surface area contributed by atoms with Crippen LogP contribution in [0.1, 0.15) is 136 Å². The number of nitrogens with one attached hydrogen (secondary N) is 5. The van der Waals surface area contributed by atoms with Gasteiger partial charge in [0.05, 0.1) is 129 Å². The van der Waals surface area contributed by atoms with E-state index in [1.165, 1.54) is 4.90 Å². The first-order valence-corrected chi connectivity index (χ1v) is 46.7. The van der Waals surface area contributed by atoms with Gasteiger partial charge >= 0.3 is 18.2 Å². The second kappa shape index (κ2) is 69.8. The monoisotopic (exact) mass is 2060 g/mol. The van der Waals surface area contributed by atoms with E-state index in [-0.39, 0.29) is 119 Å². The van der Waals surface area contributed by atoms with E-state index in [0.717, 1.165) is 68.3 Å². The number of alkyl halides is 2. The zero-order valence-corrected chi connectivity index (χ0v) is 85.6. The zero-order chi connectivity index (χ0) is 101. The molecular formula is C90H149Br3N16O23. The van der Waals surface area contributed by atoms with Crippen LogP contribution in [0, 0.1) is 44.6 Å². The number of hydrogen-bond donors (Lipinski definition) is 7. The zero-order valence-electron chi connectivity index (χ0n) is 80.8. The largest absolute Gasteiger partial charge is 0.480 e. The SMILES string of the molecule is C1COCCN1.CC(C)(C)C=O.CC(C)(C)CN(CC(=O)N1CCOCC1)C(=O)CBr.CC(C)(C)CN(CC(=O)N1CCOCC1)C(=O)CN(C#N)C(=O)Cc1ccccc1.CC(C)(C)CNCC(=O)N1CCOCC1.CC(C)(C)OC(=O)NCC(=O)N1CCOCC1.CC(C)(C)OC(=O)NCC(=O)O.N#CNC(=O)Cc1ccccc1.NCC(=O)N1CCOCC1.O=C(Br)CBr. The quantitative estimate of drug-likeness (QED) is 0.0248. The number of nitrogens with two attached hydrogens (primary N) is 1. The van der Waals surface area contributed by atoms with E-state index in [1.54, 1.807) is 84.4 Å². The number of carboxylic acids is 1. The highest BCUT2D eigenvalue weighted by Gasteiger charge is 2.31. The van der Waals surface area contributed by atoms with Crippen LogP contribution in [-0.4, -0.2) is 372 Å². The molecule has 0 aromatic heterocycles. The van der Waals surface area contributed by atoms with Crippen molar-refractivity contribution in [3.05, 3.63) is 71.8 Å². The summed E-state index contributed by atoms with van der Waals surface area (Å²) in [4.78, 5) is 172. The highest BCUT2D eigenvalue weighted by Crippen LogP contribution is 2.19. The van der Waals surface area contributed by atoms with E-state index < -0.39 is 47.7 Å². The number of aliphatic carboxylic acids is 1. The minimum absolute atomic E-state index is 0.00171. The lowest BCUT2D eigenvalue weighted by molar-refractivity contribution is -0.145. The van der Waals surface area contributed by atoms with Crippen LogP contribution in [-0.2, 0) is 108 Å². The van der Waals surface area contributed by atoms with E-state index in [2.05, 4.69) is 116 Å². The number of hydrogen-bond acceptors (Lipinski definition) is 27. The van der Waals surface area contributed by atoms with Crippen LogP contribution in [0.15, 0.2) is 60.7 Å². The molecule has 0 unspecified atom stereocenters. The first kappa shape index (κ1) is 125. The molecule has 132 heavy (non-hydrogen) atoms. The Labute approximate surface area is 805 Å². The Kier molecular flexibility index (Phi) is 66.2. The molecule has 39 nitrogen and oxygen atoms in total. The Hall–Kier alpha value is -8.92. The molecule has 8 rings (SSSR count). The number of benzene rings is 2. The van der Waals surface area contributed by atoms with Crippen molar-refractivity contribution in [1.82, 2.24) is 65.8 Å². The number of carbonyl (C=O) groups excluding carboxylic acids is 13. The van der Waals surface area contributed by atoms with Gasteiger partial charge in [-0.3, -0.25) is 58.1 Å². The molecule has 8 N–H and O–H groups in total. The van der Waals surface area contributed by atoms with Crippen LogP contribution < -0.4 is 32.3 Å². The Morgan fingerprint density at radius 1 is 0.470 bits per heavy atom. The van der Waals surface area contributed by atoms with Crippen molar-refractivity contribution >= 4 is 130 Å². The van der Waals surface area contributed by atoms with Gasteiger partial charge in [0.1, 0.15) is 37.1 Å². The maximum Gasteiger partial charge on any atom is 0.408 e. The predicted octanol–water partition coefficient (Wildman–Crippen LogP) is 5.60. The Bertz CT molecular complexity index is 3760. The van der Waals surface area contributed by atoms with Gasteiger partial charge in [0.2, 0.25) is 57.9 Å². The van der Waals surface area contributed by atoms with Gasteiger partial charge in [-0.25, -0.2) is 14.5 Å². The van der Waals surface area contributed by atoms with Crippen LogP contribution >= 0.6 is 47.8 Å². The summed E-state index contributed by atoms with van der Waals surface area (Å²) < 4.78 is 40.7. The van der Waals surface area contributed by atoms with Crippen LogP contribution in [0.3, 0.4) is 0 Å². The van der Waals surface area contributed by atoms with Gasteiger partial charge in [-0.05, 0) is 84.8 Å². The number of amides is 11. The van der Waals surface area contributed by atoms with E-state index in [4.69, 9.17) is 54.0 Å². The molecular weight excluding hydrogens is 1910 g/mol. The smallest absolute Gasteiger partial charge is 0.408 e. The van der Waals surface area contributed by atoms with Crippen molar-refractivity contribution in [3.63, 3.8) is 0 Å². The molecule has 0 bridgehead atoms. The maximum atomic E-state index is 13.0. The van der Waals surface area contributed by atoms with E-state index in [1.807, 2.05) is 101 Å². The van der Waals surface area contributed by atoms with Gasteiger partial charge in [-0.15, -0.1) is 0 Å². The molecule has 0 spiro atoms. The number of morpholine rings is 6. The normalized spacial score (nSPS) is 14.8. The van der Waals surface area contributed by atoms with Gasteiger partial charge < -0.3 is 109 Å². The van der Waals surface area contributed by atoms with Crippen molar-refractivity contribution in [3.8, 4) is 12.4 Å². The molecule has 0 aliphatic carbocycles. The molecule has 748 valence electrons. The van der Waals surface area contributed by atoms with Crippen LogP contribution in [0.25, 0.3) is 0 Å². The summed E-state index contributed by atoms with van der Waals surface area (Å²) in [6.07, 6.45) is 3.34. The average molecular weight is 2060 g/mol. The molecule has 0 radical (unpaired) electrons. The van der Waals surface area contributed by atoms with Crippen LogP contribution in [0.4, 0.5) is 9.59 Å². The standard InChI is InChI=1S/C22H30N4O4.C13H23BrN2O3.C11H20N2O4.C11H22N2O2.C9H8N2O.C7H13NO4.C6H12N2O2.C5H10O.C4H9NO.C2H2Br2O/c1-22(2,3)16-25(14-20(28)24-9-11-30-12-10-24)21(29)15-26(17-23)19(27)13-18-7-5-4-6-8-18;1-13(2,3)10-16(11(17)8-14)9-12(18)15-4-6-19-7-5-15;1-11(2,3)17-10(15)12-8-9(14)13-4-6-16-7-5-13;1-11(2,3)9-12-8-10(14)13-4-6-15-7-5-13;10-7-11-9(12)6-8-4-2-1-3-5-8;1-7(2,3)12-6(11)8-4-5(9)10;7-5-6(9)8-1-3-10-4-2-8;1-5(2,3)4-6;1-3-6-4-2-5-1;3-1-2(4)5/h4-8H,9-16H2,1-3H3;4-10H2,1-3H3;4-8H2,1-3H3,(H,12,15);12H,4-9H2,1-3H3;1-5H,6H2,(H,11,12);4H2,1-3H3,(H,8,11)(H,9,10);1-5,7H2;4H,1-3H3;5H,1-4H2;1H2. The maximum absolute atomic E-state index is 13.0. The fourth-order valence-electron chi connectivity index (χ4n) is 10.8. The average Bonchev–Trinajstić information content (AvgIpc) is 0.880. The van der Waals surface area contributed by atoms with Crippen molar-refractivity contribution in [2.24, 2.45) is 27.4 Å². The summed E-state index contributed by atoms with van der Waals surface area (Å²) in [5.41, 5.74) is 5.52. The van der Waals surface area contributed by atoms with E-state index >= 15 is 0 Å². The van der Waals surface area contributed by atoms with Gasteiger partial charge in [-0.2, -0.15) is 10.5 Å². The predicted molar refractivity (Wildman–Crippen MR) is 509 cm³/mol. The number of nitriles is 2. The molecule has 6 fully saturated rings. The van der Waals surface area contributed by atoms with Gasteiger partial charge in [0, 0.05) is 104 Å². The van der Waals surface area contributed by atoms with Crippen molar-refractivity contribution in [2.45, 2.75) is 149 Å². The number of halogens is 3. The highest BCUT2D eigenvalue weighted by atomic mass is 79.9. The number of alkyl carbamates (subject to hydrolysis) is 2. The van der Waals surface area contributed by atoms with Crippen LogP contribution in [0.2, 0.25) is 0 Å². The van der Waals surface area contributed by atoms with Crippen molar-refractivity contribution < 1.29 is 110 Å². The summed E-state index contributed by atoms with van der Waals surface area (Å²) in [6.45, 7) is 52.1. The summed E-state index contributed by atoms with van der Waals surface area (Å²) >= 11 is 8.78. The molecule has 6 saturated heterocycles. The second-order valence-corrected chi connectivity index (χ2v) is 38.6. The summed E-state index contributed by atoms with van der Waals surface area (Å²) in [6, 6.07) is 18.3. The van der Waals surface area contributed by atoms with E-state index in [0.29, 0.717) is 143 Å². The summed E-state index contributed by atoms with van der Waals surface area (Å²) in [5.74, 6) is -2.36. The lowest BCUT2D eigenvalue weighted by Gasteiger charge is -2.33. The fourth-order valence-corrected chi connectivity index (χ4v) is 11.1. The molecule has 0 atom stereocenters. The minimum Gasteiger partial charge on any atom is -0.480 e. The molecule has 0 saturated carbocycles. The lowest BCUT2D eigenvalue weighted by Crippen LogP contribution is -2.51. The number of carboxylic acid groups (broad SMARTS) is 1. The van der Waals surface area contributed by atoms with Crippen LogP contribution in [0.5, 0.6) is 0 Å². The molecule has 2 aromatic rings.